The predicted molar refractivity (Wildman–Crippen MR) is 85.7 cm³/mol. The van der Waals surface area contributed by atoms with Crippen LogP contribution in [0.5, 0.6) is 11.5 Å². The Morgan fingerprint density at radius 2 is 1.95 bits per heavy atom. The maximum absolute atomic E-state index is 6.13. The Morgan fingerprint density at radius 3 is 2.50 bits per heavy atom. The van der Waals surface area contributed by atoms with Crippen molar-refractivity contribution in [3.63, 3.8) is 0 Å². The molecule has 0 bridgehead atoms. The standard InChI is InChI=1S/C16H24BrNO2/c1-3-20-14-10-12(9-13(17)15(14)19-2)16(11-18)7-5-4-6-8-16/h9-10H,3-8,11,18H2,1-2H3. The van der Waals surface area contributed by atoms with Crippen LogP contribution in [0.25, 0.3) is 0 Å². The Labute approximate surface area is 130 Å². The van der Waals surface area contributed by atoms with Crippen molar-refractivity contribution in [2.45, 2.75) is 44.4 Å². The van der Waals surface area contributed by atoms with Gasteiger partial charge in [0.15, 0.2) is 11.5 Å². The molecule has 0 atom stereocenters. The second-order valence-electron chi connectivity index (χ2n) is 5.47. The third kappa shape index (κ3) is 2.96. The summed E-state index contributed by atoms with van der Waals surface area (Å²) in [5.41, 5.74) is 7.50. The van der Waals surface area contributed by atoms with E-state index in [2.05, 4.69) is 28.1 Å². The molecule has 0 aromatic heterocycles. The average molecular weight is 342 g/mol. The number of rotatable bonds is 5. The van der Waals surface area contributed by atoms with Crippen molar-refractivity contribution in [2.24, 2.45) is 5.73 Å². The summed E-state index contributed by atoms with van der Waals surface area (Å²) in [6.07, 6.45) is 6.15. The van der Waals surface area contributed by atoms with Gasteiger partial charge in [0.05, 0.1) is 18.2 Å². The molecular formula is C16H24BrNO2. The summed E-state index contributed by atoms with van der Waals surface area (Å²) >= 11 is 3.60. The van der Waals surface area contributed by atoms with Crippen molar-refractivity contribution >= 4 is 15.9 Å². The van der Waals surface area contributed by atoms with E-state index in [-0.39, 0.29) is 5.41 Å². The van der Waals surface area contributed by atoms with E-state index in [9.17, 15) is 0 Å². The van der Waals surface area contributed by atoms with E-state index in [4.69, 9.17) is 15.2 Å². The molecule has 1 aromatic carbocycles. The summed E-state index contributed by atoms with van der Waals surface area (Å²) in [6.45, 7) is 3.30. The monoisotopic (exact) mass is 341 g/mol. The summed E-state index contributed by atoms with van der Waals surface area (Å²) in [4.78, 5) is 0. The zero-order valence-electron chi connectivity index (χ0n) is 12.4. The van der Waals surface area contributed by atoms with Crippen molar-refractivity contribution in [1.29, 1.82) is 0 Å². The number of halogens is 1. The highest BCUT2D eigenvalue weighted by molar-refractivity contribution is 9.10. The van der Waals surface area contributed by atoms with Crippen LogP contribution in [0.3, 0.4) is 0 Å². The number of hydrogen-bond acceptors (Lipinski definition) is 3. The maximum atomic E-state index is 6.13. The topological polar surface area (TPSA) is 44.5 Å². The van der Waals surface area contributed by atoms with Gasteiger partial charge in [-0.2, -0.15) is 0 Å². The van der Waals surface area contributed by atoms with Crippen molar-refractivity contribution in [3.8, 4) is 11.5 Å². The Kier molecular flexibility index (Phi) is 5.33. The van der Waals surface area contributed by atoms with Crippen molar-refractivity contribution in [1.82, 2.24) is 0 Å². The molecular weight excluding hydrogens is 318 g/mol. The number of nitrogens with two attached hydrogens (primary N) is 1. The fraction of sp³-hybridized carbons (Fsp3) is 0.625. The molecule has 1 aromatic rings. The predicted octanol–water partition coefficient (Wildman–Crippen LogP) is 4.02. The zero-order chi connectivity index (χ0) is 14.6. The summed E-state index contributed by atoms with van der Waals surface area (Å²) in [7, 11) is 1.67. The number of hydrogen-bond donors (Lipinski definition) is 1. The number of ether oxygens (including phenoxy) is 2. The van der Waals surface area contributed by atoms with Gasteiger partial charge >= 0.3 is 0 Å². The molecule has 4 heteroatoms. The molecule has 0 amide bonds. The normalized spacial score (nSPS) is 17.8. The van der Waals surface area contributed by atoms with Gasteiger partial charge < -0.3 is 15.2 Å². The largest absolute Gasteiger partial charge is 0.492 e. The van der Waals surface area contributed by atoms with Gasteiger partial charge in [-0.3, -0.25) is 0 Å². The van der Waals surface area contributed by atoms with Gasteiger partial charge in [-0.1, -0.05) is 19.3 Å². The van der Waals surface area contributed by atoms with Crippen LogP contribution in [0.1, 0.15) is 44.6 Å². The van der Waals surface area contributed by atoms with Crippen LogP contribution in [-0.2, 0) is 5.41 Å². The minimum atomic E-state index is 0.0961. The Bertz CT molecular complexity index is 456. The molecule has 2 rings (SSSR count). The molecule has 0 heterocycles. The molecule has 3 nitrogen and oxygen atoms in total. The van der Waals surface area contributed by atoms with Gasteiger partial charge in [0.2, 0.25) is 0 Å². The molecule has 1 fully saturated rings. The summed E-state index contributed by atoms with van der Waals surface area (Å²) < 4.78 is 12.1. The van der Waals surface area contributed by atoms with Crippen LogP contribution < -0.4 is 15.2 Å². The van der Waals surface area contributed by atoms with Crippen molar-refractivity contribution in [2.75, 3.05) is 20.3 Å². The lowest BCUT2D eigenvalue weighted by Crippen LogP contribution is -2.37. The second kappa shape index (κ2) is 6.81. The van der Waals surface area contributed by atoms with Crippen LogP contribution >= 0.6 is 15.9 Å². The Hall–Kier alpha value is -0.740. The van der Waals surface area contributed by atoms with E-state index in [0.717, 1.165) is 28.8 Å². The highest BCUT2D eigenvalue weighted by atomic mass is 79.9. The summed E-state index contributed by atoms with van der Waals surface area (Å²) in [5.74, 6) is 1.57. The van der Waals surface area contributed by atoms with Crippen LogP contribution in [0.4, 0.5) is 0 Å². The molecule has 20 heavy (non-hydrogen) atoms. The molecule has 0 saturated heterocycles. The molecule has 1 aliphatic rings. The van der Waals surface area contributed by atoms with Gasteiger partial charge in [-0.25, -0.2) is 0 Å². The molecule has 1 saturated carbocycles. The lowest BCUT2D eigenvalue weighted by atomic mass is 9.69. The maximum Gasteiger partial charge on any atom is 0.174 e. The SMILES string of the molecule is CCOc1cc(C2(CN)CCCCC2)cc(Br)c1OC. The molecule has 0 unspecified atom stereocenters. The van der Waals surface area contributed by atoms with Gasteiger partial charge in [0.25, 0.3) is 0 Å². The van der Waals surface area contributed by atoms with E-state index < -0.39 is 0 Å². The fourth-order valence-corrected chi connectivity index (χ4v) is 3.78. The first-order valence-electron chi connectivity index (χ1n) is 7.37. The minimum absolute atomic E-state index is 0.0961. The first kappa shape index (κ1) is 15.6. The van der Waals surface area contributed by atoms with Crippen LogP contribution in [0.15, 0.2) is 16.6 Å². The molecule has 0 spiro atoms. The highest BCUT2D eigenvalue weighted by Gasteiger charge is 2.33. The van der Waals surface area contributed by atoms with Crippen LogP contribution in [-0.4, -0.2) is 20.3 Å². The third-order valence-electron chi connectivity index (χ3n) is 4.33. The third-order valence-corrected chi connectivity index (χ3v) is 4.92. The van der Waals surface area contributed by atoms with Crippen LogP contribution in [0.2, 0.25) is 0 Å². The average Bonchev–Trinajstić information content (AvgIpc) is 2.48. The summed E-state index contributed by atoms with van der Waals surface area (Å²) in [5, 5.41) is 0. The van der Waals surface area contributed by atoms with Crippen molar-refractivity contribution in [3.05, 3.63) is 22.2 Å². The van der Waals surface area contributed by atoms with E-state index in [1.807, 2.05) is 6.92 Å². The molecule has 0 radical (unpaired) electrons. The Balaban J connectivity index is 2.45. The molecule has 112 valence electrons. The molecule has 1 aliphatic carbocycles. The minimum Gasteiger partial charge on any atom is -0.492 e. The quantitative estimate of drug-likeness (QED) is 0.879. The van der Waals surface area contributed by atoms with Gasteiger partial charge in [0.1, 0.15) is 0 Å². The fourth-order valence-electron chi connectivity index (χ4n) is 3.17. The van der Waals surface area contributed by atoms with E-state index in [1.54, 1.807) is 7.11 Å². The number of benzene rings is 1. The van der Waals surface area contributed by atoms with E-state index in [0.29, 0.717) is 13.2 Å². The van der Waals surface area contributed by atoms with Crippen molar-refractivity contribution < 1.29 is 9.47 Å². The lowest BCUT2D eigenvalue weighted by molar-refractivity contribution is 0.290. The second-order valence-corrected chi connectivity index (χ2v) is 6.32. The highest BCUT2D eigenvalue weighted by Crippen LogP contribution is 2.44. The lowest BCUT2D eigenvalue weighted by Gasteiger charge is -2.37. The van der Waals surface area contributed by atoms with E-state index in [1.165, 1.54) is 24.8 Å². The zero-order valence-corrected chi connectivity index (χ0v) is 14.0. The van der Waals surface area contributed by atoms with Gasteiger partial charge in [-0.15, -0.1) is 0 Å². The van der Waals surface area contributed by atoms with Gasteiger partial charge in [-0.05, 0) is 53.4 Å². The molecule has 2 N–H and O–H groups in total. The molecule has 0 aliphatic heterocycles. The van der Waals surface area contributed by atoms with Crippen LogP contribution in [0, 0.1) is 0 Å². The van der Waals surface area contributed by atoms with Gasteiger partial charge in [0, 0.05) is 12.0 Å². The number of methoxy groups -OCH3 is 1. The Morgan fingerprint density at radius 1 is 1.25 bits per heavy atom. The first-order chi connectivity index (χ1) is 9.66. The van der Waals surface area contributed by atoms with E-state index >= 15 is 0 Å². The summed E-state index contributed by atoms with van der Waals surface area (Å²) in [6, 6.07) is 4.27. The first-order valence-corrected chi connectivity index (χ1v) is 8.17. The smallest absolute Gasteiger partial charge is 0.174 e.